The molecule has 2 aromatic carbocycles. The summed E-state index contributed by atoms with van der Waals surface area (Å²) < 4.78 is 52.5. The molecule has 0 saturated heterocycles. The van der Waals surface area contributed by atoms with Crippen molar-refractivity contribution in [1.82, 2.24) is 5.32 Å². The Morgan fingerprint density at radius 1 is 1.04 bits per heavy atom. The minimum Gasteiger partial charge on any atom is -0.352 e. The van der Waals surface area contributed by atoms with Crippen LogP contribution in [-0.4, -0.2) is 11.9 Å². The minimum absolute atomic E-state index is 0.0828. The van der Waals surface area contributed by atoms with Gasteiger partial charge >= 0.3 is 0 Å². The van der Waals surface area contributed by atoms with Gasteiger partial charge in [-0.15, -0.1) is 0 Å². The summed E-state index contributed by atoms with van der Waals surface area (Å²) in [5, 5.41) is 2.44. The van der Waals surface area contributed by atoms with Gasteiger partial charge in [-0.05, 0) is 35.7 Å². The van der Waals surface area contributed by atoms with E-state index >= 15 is 0 Å². The van der Waals surface area contributed by atoms with Crippen molar-refractivity contribution in [3.05, 3.63) is 70.8 Å². The molecule has 1 amide bonds. The van der Waals surface area contributed by atoms with E-state index in [4.69, 9.17) is 5.73 Å². The fourth-order valence-electron chi connectivity index (χ4n) is 2.24. The lowest BCUT2D eigenvalue weighted by Crippen LogP contribution is -2.33. The van der Waals surface area contributed by atoms with E-state index in [1.165, 1.54) is 6.07 Å². The first-order valence-electron chi connectivity index (χ1n) is 7.26. The van der Waals surface area contributed by atoms with Crippen LogP contribution in [0.2, 0.25) is 0 Å². The third kappa shape index (κ3) is 4.79. The molecule has 0 unspecified atom stereocenters. The number of hydrogen-bond acceptors (Lipinski definition) is 2. The highest BCUT2D eigenvalue weighted by atomic mass is 19.2. The minimum atomic E-state index is -1.56. The average molecular weight is 340 g/mol. The third-order valence-electron chi connectivity index (χ3n) is 3.42. The lowest BCUT2D eigenvalue weighted by atomic mass is 10.0. The highest BCUT2D eigenvalue weighted by Crippen LogP contribution is 2.14. The molecule has 128 valence electrons. The van der Waals surface area contributed by atoms with E-state index in [-0.39, 0.29) is 24.9 Å². The lowest BCUT2D eigenvalue weighted by Gasteiger charge is -2.12. The van der Waals surface area contributed by atoms with Crippen molar-refractivity contribution in [1.29, 1.82) is 0 Å². The molecule has 0 fully saturated rings. The first-order valence-corrected chi connectivity index (χ1v) is 7.26. The molecule has 0 radical (unpaired) electrons. The number of carbonyl (C=O) groups is 1. The Morgan fingerprint density at radius 3 is 2.29 bits per heavy atom. The van der Waals surface area contributed by atoms with E-state index < -0.39 is 35.2 Å². The molecule has 0 aromatic heterocycles. The molecule has 0 aliphatic rings. The van der Waals surface area contributed by atoms with Crippen molar-refractivity contribution in [3.8, 4) is 0 Å². The van der Waals surface area contributed by atoms with Crippen LogP contribution in [0.4, 0.5) is 17.6 Å². The fourth-order valence-corrected chi connectivity index (χ4v) is 2.24. The number of halogens is 4. The van der Waals surface area contributed by atoms with Gasteiger partial charge in [0.1, 0.15) is 5.82 Å². The Labute approximate surface area is 136 Å². The number of carbonyl (C=O) groups excluding carboxylic acids is 1. The maximum atomic E-state index is 13.5. The molecule has 3 N–H and O–H groups in total. The van der Waals surface area contributed by atoms with Gasteiger partial charge in [0.05, 0.1) is 0 Å². The SMILES string of the molecule is N[C@@H](CC(=O)NCc1cc(F)c(F)c(F)c1)Cc1ccccc1F. The van der Waals surface area contributed by atoms with Crippen molar-refractivity contribution in [3.63, 3.8) is 0 Å². The topological polar surface area (TPSA) is 55.1 Å². The van der Waals surface area contributed by atoms with Crippen LogP contribution in [0.5, 0.6) is 0 Å². The standard InChI is InChI=1S/C17H16F4N2O/c18-13-4-2-1-3-11(13)7-12(22)8-16(24)23-9-10-5-14(19)17(21)15(20)6-10/h1-6,12H,7-9,22H2,(H,23,24)/t12-/m1/s1. The third-order valence-corrected chi connectivity index (χ3v) is 3.42. The molecule has 0 saturated carbocycles. The molecule has 1 atom stereocenters. The Hall–Kier alpha value is -2.41. The van der Waals surface area contributed by atoms with Crippen LogP contribution in [0.3, 0.4) is 0 Å². The molecule has 0 spiro atoms. The summed E-state index contributed by atoms with van der Waals surface area (Å²) in [4.78, 5) is 11.8. The monoisotopic (exact) mass is 340 g/mol. The van der Waals surface area contributed by atoms with Crippen LogP contribution in [-0.2, 0) is 17.8 Å². The van der Waals surface area contributed by atoms with Gasteiger partial charge in [-0.25, -0.2) is 17.6 Å². The van der Waals surface area contributed by atoms with Gasteiger partial charge in [0.25, 0.3) is 0 Å². The first kappa shape index (κ1) is 17.9. The predicted octanol–water partition coefficient (Wildman–Crippen LogP) is 2.82. The van der Waals surface area contributed by atoms with E-state index in [2.05, 4.69) is 5.32 Å². The number of hydrogen-bond donors (Lipinski definition) is 2. The number of benzene rings is 2. The van der Waals surface area contributed by atoms with Crippen molar-refractivity contribution in [2.75, 3.05) is 0 Å². The first-order chi connectivity index (χ1) is 11.4. The average Bonchev–Trinajstić information content (AvgIpc) is 2.52. The molecule has 2 aromatic rings. The predicted molar refractivity (Wildman–Crippen MR) is 80.9 cm³/mol. The van der Waals surface area contributed by atoms with Gasteiger partial charge in [0.15, 0.2) is 17.5 Å². The van der Waals surface area contributed by atoms with Gasteiger partial charge in [0, 0.05) is 19.0 Å². The van der Waals surface area contributed by atoms with E-state index in [1.54, 1.807) is 18.2 Å². The van der Waals surface area contributed by atoms with E-state index in [1.807, 2.05) is 0 Å². The maximum absolute atomic E-state index is 13.5. The van der Waals surface area contributed by atoms with Crippen LogP contribution >= 0.6 is 0 Å². The summed E-state index contributed by atoms with van der Waals surface area (Å²) in [6.07, 6.45) is 0.0976. The second-order valence-electron chi connectivity index (χ2n) is 5.41. The zero-order valence-corrected chi connectivity index (χ0v) is 12.7. The van der Waals surface area contributed by atoms with Crippen molar-refractivity contribution in [2.24, 2.45) is 5.73 Å². The molecule has 0 aliphatic carbocycles. The summed E-state index contributed by atoms with van der Waals surface area (Å²) in [5.41, 5.74) is 6.30. The largest absolute Gasteiger partial charge is 0.352 e. The van der Waals surface area contributed by atoms with Gasteiger partial charge in [0.2, 0.25) is 5.91 Å². The smallest absolute Gasteiger partial charge is 0.221 e. The highest BCUT2D eigenvalue weighted by molar-refractivity contribution is 5.76. The molecule has 2 rings (SSSR count). The zero-order valence-electron chi connectivity index (χ0n) is 12.7. The number of nitrogens with one attached hydrogen (secondary N) is 1. The van der Waals surface area contributed by atoms with Crippen LogP contribution in [0, 0.1) is 23.3 Å². The van der Waals surface area contributed by atoms with Crippen molar-refractivity contribution in [2.45, 2.75) is 25.4 Å². The second kappa shape index (κ2) is 7.92. The summed E-state index contributed by atoms with van der Waals surface area (Å²) in [6, 6.07) is 7.11. The molecule has 3 nitrogen and oxygen atoms in total. The van der Waals surface area contributed by atoms with Crippen molar-refractivity contribution < 1.29 is 22.4 Å². The van der Waals surface area contributed by atoms with Gasteiger partial charge in [-0.2, -0.15) is 0 Å². The summed E-state index contributed by atoms with van der Waals surface area (Å²) in [6.45, 7) is -0.167. The van der Waals surface area contributed by atoms with Crippen LogP contribution in [0.15, 0.2) is 36.4 Å². The molecule has 7 heteroatoms. The maximum Gasteiger partial charge on any atom is 0.221 e. The van der Waals surface area contributed by atoms with Gasteiger partial charge < -0.3 is 11.1 Å². The number of rotatable bonds is 6. The molecule has 0 bridgehead atoms. The number of amides is 1. The van der Waals surface area contributed by atoms with Gasteiger partial charge in [-0.1, -0.05) is 18.2 Å². The van der Waals surface area contributed by atoms with E-state index in [0.717, 1.165) is 12.1 Å². The molecule has 24 heavy (non-hydrogen) atoms. The Kier molecular flexibility index (Phi) is 5.92. The van der Waals surface area contributed by atoms with Gasteiger partial charge in [-0.3, -0.25) is 4.79 Å². The van der Waals surface area contributed by atoms with Crippen LogP contribution < -0.4 is 11.1 Å². The van der Waals surface area contributed by atoms with Crippen LogP contribution in [0.25, 0.3) is 0 Å². The summed E-state index contributed by atoms with van der Waals surface area (Å²) in [7, 11) is 0. The fraction of sp³-hybridized carbons (Fsp3) is 0.235. The number of nitrogens with two attached hydrogens (primary N) is 1. The molecular weight excluding hydrogens is 324 g/mol. The van der Waals surface area contributed by atoms with E-state index in [0.29, 0.717) is 5.56 Å². The molecular formula is C17H16F4N2O. The normalized spacial score (nSPS) is 12.0. The molecule has 0 aliphatic heterocycles. The van der Waals surface area contributed by atoms with E-state index in [9.17, 15) is 22.4 Å². The highest BCUT2D eigenvalue weighted by Gasteiger charge is 2.14. The zero-order chi connectivity index (χ0) is 17.7. The lowest BCUT2D eigenvalue weighted by molar-refractivity contribution is -0.121. The molecule has 0 heterocycles. The summed E-state index contributed by atoms with van der Waals surface area (Å²) in [5.74, 6) is -5.06. The summed E-state index contributed by atoms with van der Waals surface area (Å²) >= 11 is 0. The van der Waals surface area contributed by atoms with Crippen molar-refractivity contribution >= 4 is 5.91 Å². The Bertz CT molecular complexity index is 713. The van der Waals surface area contributed by atoms with Crippen LogP contribution in [0.1, 0.15) is 17.5 Å². The Balaban J connectivity index is 1.86. The Morgan fingerprint density at radius 2 is 1.67 bits per heavy atom. The quantitative estimate of drug-likeness (QED) is 0.628. The second-order valence-corrected chi connectivity index (χ2v) is 5.41.